The van der Waals surface area contributed by atoms with E-state index in [2.05, 4.69) is 20.8 Å². The van der Waals surface area contributed by atoms with Crippen molar-refractivity contribution in [2.75, 3.05) is 6.54 Å². The first kappa shape index (κ1) is 10.1. The van der Waals surface area contributed by atoms with Crippen LogP contribution in [0.3, 0.4) is 0 Å². The van der Waals surface area contributed by atoms with Crippen LogP contribution in [0.2, 0.25) is 0 Å². The molecule has 1 heterocycles. The molecule has 6 heteroatoms. The normalized spacial score (nSPS) is 15.3. The molecule has 0 bridgehead atoms. The van der Waals surface area contributed by atoms with Gasteiger partial charge in [0.05, 0.1) is 13.1 Å². The third-order valence-corrected chi connectivity index (χ3v) is 2.38. The molecular weight excluding hydrogens is 194 g/mol. The van der Waals surface area contributed by atoms with Crippen LogP contribution >= 0.6 is 0 Å². The van der Waals surface area contributed by atoms with E-state index in [0.29, 0.717) is 19.1 Å². The van der Waals surface area contributed by atoms with Crippen LogP contribution in [0.5, 0.6) is 0 Å². The van der Waals surface area contributed by atoms with Crippen LogP contribution in [0.15, 0.2) is 6.33 Å². The number of amides is 1. The van der Waals surface area contributed by atoms with Gasteiger partial charge in [-0.25, -0.2) is 0 Å². The van der Waals surface area contributed by atoms with Crippen molar-refractivity contribution in [2.45, 2.75) is 25.4 Å². The van der Waals surface area contributed by atoms with Crippen molar-refractivity contribution < 1.29 is 4.79 Å². The van der Waals surface area contributed by atoms with E-state index >= 15 is 0 Å². The Labute approximate surface area is 88.1 Å². The van der Waals surface area contributed by atoms with Crippen molar-refractivity contribution in [3.63, 3.8) is 0 Å². The number of hydrogen-bond donors (Lipinski definition) is 2. The van der Waals surface area contributed by atoms with Crippen LogP contribution in [-0.4, -0.2) is 33.3 Å². The van der Waals surface area contributed by atoms with Crippen LogP contribution in [0, 0.1) is 0 Å². The Morgan fingerprint density at radius 3 is 3.07 bits per heavy atom. The summed E-state index contributed by atoms with van der Waals surface area (Å²) in [6, 6.07) is 0.561. The van der Waals surface area contributed by atoms with E-state index in [1.54, 1.807) is 10.9 Å². The monoisotopic (exact) mass is 209 g/mol. The zero-order valence-corrected chi connectivity index (χ0v) is 8.73. The van der Waals surface area contributed by atoms with Gasteiger partial charge in [-0.1, -0.05) is 0 Å². The molecule has 2 N–H and O–H groups in total. The maximum Gasteiger partial charge on any atom is 0.234 e. The SMILES string of the molecule is Cn1cnnc1CNC(=O)CNC1CC1. The molecule has 1 aromatic heterocycles. The van der Waals surface area contributed by atoms with Crippen LogP contribution in [-0.2, 0) is 18.4 Å². The predicted molar refractivity (Wildman–Crippen MR) is 53.9 cm³/mol. The standard InChI is InChI=1S/C9H15N5O/c1-14-6-12-13-8(14)4-11-9(15)5-10-7-2-3-7/h6-7,10H,2-5H2,1H3,(H,11,15). The van der Waals surface area contributed by atoms with Crippen molar-refractivity contribution in [2.24, 2.45) is 7.05 Å². The van der Waals surface area contributed by atoms with E-state index in [9.17, 15) is 4.79 Å². The topological polar surface area (TPSA) is 71.8 Å². The number of hydrogen-bond acceptors (Lipinski definition) is 4. The zero-order valence-electron chi connectivity index (χ0n) is 8.73. The van der Waals surface area contributed by atoms with Crippen LogP contribution in [0.4, 0.5) is 0 Å². The summed E-state index contributed by atoms with van der Waals surface area (Å²) in [5, 5.41) is 13.5. The average Bonchev–Trinajstić information content (AvgIpc) is 2.96. The van der Waals surface area contributed by atoms with Gasteiger partial charge in [-0.3, -0.25) is 4.79 Å². The first-order chi connectivity index (χ1) is 7.25. The quantitative estimate of drug-likeness (QED) is 0.665. The molecule has 1 aliphatic carbocycles. The zero-order chi connectivity index (χ0) is 10.7. The second kappa shape index (κ2) is 4.39. The van der Waals surface area contributed by atoms with Gasteiger partial charge in [0.1, 0.15) is 6.33 Å². The molecule has 6 nitrogen and oxygen atoms in total. The van der Waals surface area contributed by atoms with Gasteiger partial charge in [-0.15, -0.1) is 10.2 Å². The number of nitrogens with zero attached hydrogens (tertiary/aromatic N) is 3. The first-order valence-corrected chi connectivity index (χ1v) is 5.08. The number of carbonyl (C=O) groups excluding carboxylic acids is 1. The summed E-state index contributed by atoms with van der Waals surface area (Å²) in [5.41, 5.74) is 0. The molecule has 0 radical (unpaired) electrons. The minimum Gasteiger partial charge on any atom is -0.348 e. The van der Waals surface area contributed by atoms with Crippen molar-refractivity contribution in [1.29, 1.82) is 0 Å². The van der Waals surface area contributed by atoms with Gasteiger partial charge in [0.25, 0.3) is 0 Å². The second-order valence-corrected chi connectivity index (χ2v) is 3.79. The summed E-state index contributed by atoms with van der Waals surface area (Å²) in [6.45, 7) is 0.824. The third-order valence-electron chi connectivity index (χ3n) is 2.38. The largest absolute Gasteiger partial charge is 0.348 e. The molecule has 1 saturated carbocycles. The van der Waals surface area contributed by atoms with Crippen LogP contribution < -0.4 is 10.6 Å². The molecule has 0 aliphatic heterocycles. The maximum absolute atomic E-state index is 11.4. The summed E-state index contributed by atoms with van der Waals surface area (Å²) in [7, 11) is 1.85. The lowest BCUT2D eigenvalue weighted by Crippen LogP contribution is -2.34. The molecule has 1 fully saturated rings. The lowest BCUT2D eigenvalue weighted by Gasteiger charge is -2.05. The van der Waals surface area contributed by atoms with Crippen LogP contribution in [0.25, 0.3) is 0 Å². The van der Waals surface area contributed by atoms with Gasteiger partial charge in [0.15, 0.2) is 5.82 Å². The molecule has 15 heavy (non-hydrogen) atoms. The van der Waals surface area contributed by atoms with Crippen molar-refractivity contribution in [3.8, 4) is 0 Å². The summed E-state index contributed by atoms with van der Waals surface area (Å²) < 4.78 is 1.79. The lowest BCUT2D eigenvalue weighted by molar-refractivity contribution is -0.120. The van der Waals surface area contributed by atoms with Gasteiger partial charge >= 0.3 is 0 Å². The molecule has 0 atom stereocenters. The molecule has 2 rings (SSSR count). The summed E-state index contributed by atoms with van der Waals surface area (Å²) in [5.74, 6) is 0.764. The Hall–Kier alpha value is -1.43. The molecule has 0 unspecified atom stereocenters. The Kier molecular flexibility index (Phi) is 2.96. The molecule has 0 aromatic carbocycles. The smallest absolute Gasteiger partial charge is 0.234 e. The van der Waals surface area contributed by atoms with Gasteiger partial charge in [-0.2, -0.15) is 0 Å². The molecule has 1 amide bonds. The van der Waals surface area contributed by atoms with E-state index in [1.807, 2.05) is 7.05 Å². The Morgan fingerprint density at radius 2 is 2.47 bits per heavy atom. The third kappa shape index (κ3) is 3.02. The Bertz CT molecular complexity index is 344. The molecule has 0 saturated heterocycles. The molecule has 82 valence electrons. The molecule has 1 aliphatic rings. The Balaban J connectivity index is 1.68. The summed E-state index contributed by atoms with van der Waals surface area (Å²) >= 11 is 0. The van der Waals surface area contributed by atoms with Crippen molar-refractivity contribution in [1.82, 2.24) is 25.4 Å². The van der Waals surface area contributed by atoms with E-state index < -0.39 is 0 Å². The molecule has 1 aromatic rings. The molecule has 0 spiro atoms. The van der Waals surface area contributed by atoms with Crippen molar-refractivity contribution in [3.05, 3.63) is 12.2 Å². The number of aromatic nitrogens is 3. The van der Waals surface area contributed by atoms with Gasteiger partial charge in [-0.05, 0) is 12.8 Å². The summed E-state index contributed by atoms with van der Waals surface area (Å²) in [4.78, 5) is 11.4. The number of rotatable bonds is 5. The minimum atomic E-state index is 0.00454. The van der Waals surface area contributed by atoms with E-state index in [-0.39, 0.29) is 5.91 Å². The second-order valence-electron chi connectivity index (χ2n) is 3.79. The van der Waals surface area contributed by atoms with Gasteiger partial charge < -0.3 is 15.2 Å². The van der Waals surface area contributed by atoms with Crippen molar-refractivity contribution >= 4 is 5.91 Å². The number of nitrogens with one attached hydrogen (secondary N) is 2. The van der Waals surface area contributed by atoms with E-state index in [4.69, 9.17) is 0 Å². The highest BCUT2D eigenvalue weighted by atomic mass is 16.1. The highest BCUT2D eigenvalue weighted by Crippen LogP contribution is 2.17. The van der Waals surface area contributed by atoms with Crippen LogP contribution in [0.1, 0.15) is 18.7 Å². The lowest BCUT2D eigenvalue weighted by atomic mass is 10.5. The fourth-order valence-electron chi connectivity index (χ4n) is 1.23. The first-order valence-electron chi connectivity index (χ1n) is 5.08. The van der Waals surface area contributed by atoms with E-state index in [1.165, 1.54) is 12.8 Å². The highest BCUT2D eigenvalue weighted by Gasteiger charge is 2.21. The number of carbonyl (C=O) groups is 1. The van der Waals surface area contributed by atoms with Gasteiger partial charge in [0, 0.05) is 13.1 Å². The van der Waals surface area contributed by atoms with E-state index in [0.717, 1.165) is 5.82 Å². The molecular formula is C9H15N5O. The Morgan fingerprint density at radius 1 is 1.67 bits per heavy atom. The number of aryl methyl sites for hydroxylation is 1. The minimum absolute atomic E-state index is 0.00454. The maximum atomic E-state index is 11.4. The predicted octanol–water partition coefficient (Wildman–Crippen LogP) is -0.817. The summed E-state index contributed by atoms with van der Waals surface area (Å²) in [6.07, 6.45) is 4.00. The van der Waals surface area contributed by atoms with Gasteiger partial charge in [0.2, 0.25) is 5.91 Å². The highest BCUT2D eigenvalue weighted by molar-refractivity contribution is 5.77. The average molecular weight is 209 g/mol. The fraction of sp³-hybridized carbons (Fsp3) is 0.667. The fourth-order valence-corrected chi connectivity index (χ4v) is 1.23.